The SMILES string of the molecule is CCNC(=NCc1cccc(NC(=O)Cn2cccn2)c1)NCC(C)(C)OC. The van der Waals surface area contributed by atoms with E-state index in [2.05, 4.69) is 26.0 Å². The molecule has 0 unspecified atom stereocenters. The van der Waals surface area contributed by atoms with Crippen LogP contribution in [0.2, 0.25) is 0 Å². The summed E-state index contributed by atoms with van der Waals surface area (Å²) in [5, 5.41) is 13.4. The third-order valence-electron chi connectivity index (χ3n) is 4.07. The first kappa shape index (κ1) is 21.4. The first-order valence-corrected chi connectivity index (χ1v) is 9.35. The zero-order valence-corrected chi connectivity index (χ0v) is 17.0. The van der Waals surface area contributed by atoms with Crippen LogP contribution in [0.3, 0.4) is 0 Å². The maximum atomic E-state index is 12.1. The van der Waals surface area contributed by atoms with Gasteiger partial charge < -0.3 is 20.7 Å². The van der Waals surface area contributed by atoms with Gasteiger partial charge in [0.15, 0.2) is 5.96 Å². The Labute approximate surface area is 166 Å². The first-order chi connectivity index (χ1) is 13.4. The number of rotatable bonds is 9. The summed E-state index contributed by atoms with van der Waals surface area (Å²) in [7, 11) is 1.69. The molecular weight excluding hydrogens is 356 g/mol. The van der Waals surface area contributed by atoms with Gasteiger partial charge in [-0.15, -0.1) is 0 Å². The maximum absolute atomic E-state index is 12.1. The molecule has 1 aromatic heterocycles. The van der Waals surface area contributed by atoms with E-state index in [-0.39, 0.29) is 18.1 Å². The van der Waals surface area contributed by atoms with Crippen LogP contribution < -0.4 is 16.0 Å². The lowest BCUT2D eigenvalue weighted by Crippen LogP contribution is -2.45. The van der Waals surface area contributed by atoms with Crippen molar-refractivity contribution in [2.75, 3.05) is 25.5 Å². The van der Waals surface area contributed by atoms with Crippen LogP contribution in [-0.4, -0.2) is 47.4 Å². The molecule has 0 radical (unpaired) electrons. The second kappa shape index (κ2) is 10.5. The second-order valence-electron chi connectivity index (χ2n) is 6.96. The van der Waals surface area contributed by atoms with E-state index in [9.17, 15) is 4.79 Å². The Morgan fingerprint density at radius 3 is 2.79 bits per heavy atom. The van der Waals surface area contributed by atoms with Gasteiger partial charge in [-0.3, -0.25) is 9.48 Å². The molecule has 0 aliphatic heterocycles. The molecule has 152 valence electrons. The summed E-state index contributed by atoms with van der Waals surface area (Å²) in [6.45, 7) is 8.12. The number of anilines is 1. The van der Waals surface area contributed by atoms with Crippen molar-refractivity contribution >= 4 is 17.6 Å². The average molecular weight is 387 g/mol. The third-order valence-corrected chi connectivity index (χ3v) is 4.07. The topological polar surface area (TPSA) is 92.6 Å². The van der Waals surface area contributed by atoms with Crippen molar-refractivity contribution in [2.24, 2.45) is 4.99 Å². The minimum Gasteiger partial charge on any atom is -0.377 e. The minimum atomic E-state index is -0.283. The predicted molar refractivity (Wildman–Crippen MR) is 111 cm³/mol. The number of aliphatic imine (C=N–C) groups is 1. The van der Waals surface area contributed by atoms with Crippen molar-refractivity contribution in [3.8, 4) is 0 Å². The third kappa shape index (κ3) is 7.40. The fraction of sp³-hybridized carbons (Fsp3) is 0.450. The highest BCUT2D eigenvalue weighted by Crippen LogP contribution is 2.12. The summed E-state index contributed by atoms with van der Waals surface area (Å²) in [5.41, 5.74) is 1.46. The standard InChI is InChI=1S/C20H30N6O2/c1-5-21-19(23-15-20(2,3)28-4)22-13-16-8-6-9-17(12-16)25-18(27)14-26-11-7-10-24-26/h6-12H,5,13-15H2,1-4H3,(H,25,27)(H2,21,22,23). The molecule has 28 heavy (non-hydrogen) atoms. The molecule has 8 nitrogen and oxygen atoms in total. The summed E-state index contributed by atoms with van der Waals surface area (Å²) in [4.78, 5) is 16.7. The maximum Gasteiger partial charge on any atom is 0.246 e. The highest BCUT2D eigenvalue weighted by atomic mass is 16.5. The van der Waals surface area contributed by atoms with E-state index in [4.69, 9.17) is 4.74 Å². The van der Waals surface area contributed by atoms with Gasteiger partial charge in [0.05, 0.1) is 12.1 Å². The van der Waals surface area contributed by atoms with Gasteiger partial charge >= 0.3 is 0 Å². The molecule has 0 aliphatic rings. The quantitative estimate of drug-likeness (QED) is 0.453. The number of benzene rings is 1. The van der Waals surface area contributed by atoms with Gasteiger partial charge in [-0.25, -0.2) is 4.99 Å². The van der Waals surface area contributed by atoms with Crippen LogP contribution in [0.5, 0.6) is 0 Å². The molecule has 0 fully saturated rings. The molecule has 0 atom stereocenters. The Bertz CT molecular complexity index is 771. The highest BCUT2D eigenvalue weighted by Gasteiger charge is 2.16. The Balaban J connectivity index is 1.95. The summed E-state index contributed by atoms with van der Waals surface area (Å²) in [6, 6.07) is 9.46. The molecule has 3 N–H and O–H groups in total. The first-order valence-electron chi connectivity index (χ1n) is 9.35. The molecule has 1 amide bonds. The lowest BCUT2D eigenvalue weighted by molar-refractivity contribution is -0.116. The lowest BCUT2D eigenvalue weighted by Gasteiger charge is -2.24. The van der Waals surface area contributed by atoms with Crippen molar-refractivity contribution in [1.29, 1.82) is 0 Å². The summed E-state index contributed by atoms with van der Waals surface area (Å²) in [5.74, 6) is 0.599. The number of carbonyl (C=O) groups is 1. The molecule has 0 saturated carbocycles. The minimum absolute atomic E-state index is 0.124. The van der Waals surface area contributed by atoms with Crippen LogP contribution in [0.1, 0.15) is 26.3 Å². The van der Waals surface area contributed by atoms with E-state index >= 15 is 0 Å². The number of hydrogen-bond donors (Lipinski definition) is 3. The number of aromatic nitrogens is 2. The van der Waals surface area contributed by atoms with Crippen LogP contribution in [0.15, 0.2) is 47.7 Å². The van der Waals surface area contributed by atoms with Gasteiger partial charge in [-0.05, 0) is 44.5 Å². The number of amides is 1. The average Bonchev–Trinajstić information content (AvgIpc) is 3.17. The largest absolute Gasteiger partial charge is 0.377 e. The van der Waals surface area contributed by atoms with Crippen molar-refractivity contribution in [3.63, 3.8) is 0 Å². The van der Waals surface area contributed by atoms with E-state index in [1.807, 2.05) is 45.0 Å². The highest BCUT2D eigenvalue weighted by molar-refractivity contribution is 5.90. The van der Waals surface area contributed by atoms with Crippen LogP contribution >= 0.6 is 0 Å². The summed E-state index contributed by atoms with van der Waals surface area (Å²) in [6.07, 6.45) is 3.40. The number of methoxy groups -OCH3 is 1. The van der Waals surface area contributed by atoms with Crippen LogP contribution in [0.25, 0.3) is 0 Å². The van der Waals surface area contributed by atoms with Gasteiger partial charge in [0.2, 0.25) is 5.91 Å². The molecule has 2 aromatic rings. The summed E-state index contributed by atoms with van der Waals surface area (Å²) >= 11 is 0. The molecule has 0 spiro atoms. The summed E-state index contributed by atoms with van der Waals surface area (Å²) < 4.78 is 7.01. The molecule has 2 rings (SSSR count). The fourth-order valence-electron chi connectivity index (χ4n) is 2.37. The van der Waals surface area contributed by atoms with E-state index in [1.165, 1.54) is 0 Å². The molecular formula is C20H30N6O2. The lowest BCUT2D eigenvalue weighted by atomic mass is 10.1. The number of carbonyl (C=O) groups excluding carboxylic acids is 1. The molecule has 1 heterocycles. The molecule has 0 bridgehead atoms. The van der Waals surface area contributed by atoms with Crippen molar-refractivity contribution in [2.45, 2.75) is 39.5 Å². The molecule has 0 aliphatic carbocycles. The number of hydrogen-bond acceptors (Lipinski definition) is 4. The number of guanidine groups is 1. The zero-order chi connectivity index (χ0) is 20.4. The Morgan fingerprint density at radius 2 is 2.11 bits per heavy atom. The van der Waals surface area contributed by atoms with Crippen molar-refractivity contribution in [1.82, 2.24) is 20.4 Å². The van der Waals surface area contributed by atoms with Crippen molar-refractivity contribution < 1.29 is 9.53 Å². The zero-order valence-electron chi connectivity index (χ0n) is 17.0. The van der Waals surface area contributed by atoms with Gasteiger partial charge in [0.25, 0.3) is 0 Å². The van der Waals surface area contributed by atoms with Crippen molar-refractivity contribution in [3.05, 3.63) is 48.3 Å². The van der Waals surface area contributed by atoms with E-state index in [0.717, 1.165) is 23.8 Å². The number of nitrogens with zero attached hydrogens (tertiary/aromatic N) is 3. The van der Waals surface area contributed by atoms with Gasteiger partial charge in [-0.2, -0.15) is 5.10 Å². The Kier molecular flexibility index (Phi) is 8.01. The van der Waals surface area contributed by atoms with Crippen LogP contribution in [0.4, 0.5) is 5.69 Å². The van der Waals surface area contributed by atoms with Gasteiger partial charge in [-0.1, -0.05) is 12.1 Å². The molecule has 8 heteroatoms. The monoisotopic (exact) mass is 386 g/mol. The van der Waals surface area contributed by atoms with Crippen LogP contribution in [-0.2, 0) is 22.6 Å². The smallest absolute Gasteiger partial charge is 0.246 e. The van der Waals surface area contributed by atoms with Crippen LogP contribution in [0, 0.1) is 0 Å². The molecule has 0 saturated heterocycles. The van der Waals surface area contributed by atoms with Gasteiger partial charge in [0.1, 0.15) is 6.54 Å². The Hall–Kier alpha value is -2.87. The van der Waals surface area contributed by atoms with E-state index in [0.29, 0.717) is 13.1 Å². The number of nitrogens with one attached hydrogen (secondary N) is 3. The predicted octanol–water partition coefficient (Wildman–Crippen LogP) is 2.00. The number of ether oxygens (including phenoxy) is 1. The molecule has 1 aromatic carbocycles. The van der Waals surface area contributed by atoms with E-state index in [1.54, 1.807) is 30.3 Å². The van der Waals surface area contributed by atoms with Gasteiger partial charge in [0, 0.05) is 38.3 Å². The fourth-order valence-corrected chi connectivity index (χ4v) is 2.37. The Morgan fingerprint density at radius 1 is 1.29 bits per heavy atom. The van der Waals surface area contributed by atoms with E-state index < -0.39 is 0 Å². The normalized spacial score (nSPS) is 11.9. The second-order valence-corrected chi connectivity index (χ2v) is 6.96.